The standard InChI is InChI=1S/C16H18N2O4S/c1-12-8-9-15(10-16(12)18(19)20)23(21,22)17-11-13(2)14-6-4-3-5-7-14/h3-10,13,17H,11H2,1-2H3/t13-/m0/s1. The number of nitrogens with one attached hydrogen (secondary N) is 1. The quantitative estimate of drug-likeness (QED) is 0.649. The topological polar surface area (TPSA) is 89.3 Å². The van der Waals surface area contributed by atoms with E-state index in [0.717, 1.165) is 11.6 Å². The van der Waals surface area contributed by atoms with Crippen LogP contribution in [0, 0.1) is 17.0 Å². The summed E-state index contributed by atoms with van der Waals surface area (Å²) >= 11 is 0. The Labute approximate surface area is 135 Å². The highest BCUT2D eigenvalue weighted by Gasteiger charge is 2.20. The first-order chi connectivity index (χ1) is 10.8. The summed E-state index contributed by atoms with van der Waals surface area (Å²) in [6.45, 7) is 3.70. The Kier molecular flexibility index (Phi) is 5.12. The molecular weight excluding hydrogens is 316 g/mol. The van der Waals surface area contributed by atoms with Crippen molar-refractivity contribution in [1.29, 1.82) is 0 Å². The number of nitrogens with zero attached hydrogens (tertiary/aromatic N) is 1. The molecule has 2 aromatic carbocycles. The molecule has 0 heterocycles. The van der Waals surface area contributed by atoms with Gasteiger partial charge in [0.15, 0.2) is 0 Å². The third-order valence-electron chi connectivity index (χ3n) is 3.64. The molecule has 0 radical (unpaired) electrons. The van der Waals surface area contributed by atoms with Gasteiger partial charge in [-0.05, 0) is 24.5 Å². The van der Waals surface area contributed by atoms with E-state index in [2.05, 4.69) is 4.72 Å². The largest absolute Gasteiger partial charge is 0.273 e. The van der Waals surface area contributed by atoms with Crippen LogP contribution in [0.15, 0.2) is 53.4 Å². The molecule has 7 heteroatoms. The fraction of sp³-hybridized carbons (Fsp3) is 0.250. The number of hydrogen-bond acceptors (Lipinski definition) is 4. The van der Waals surface area contributed by atoms with E-state index in [1.807, 2.05) is 37.3 Å². The highest BCUT2D eigenvalue weighted by Crippen LogP contribution is 2.22. The lowest BCUT2D eigenvalue weighted by molar-refractivity contribution is -0.385. The minimum atomic E-state index is -3.79. The van der Waals surface area contributed by atoms with Crippen LogP contribution < -0.4 is 4.72 Å². The minimum Gasteiger partial charge on any atom is -0.258 e. The molecule has 0 saturated heterocycles. The molecule has 0 fully saturated rings. The van der Waals surface area contributed by atoms with E-state index in [1.54, 1.807) is 6.92 Å². The molecule has 0 aromatic heterocycles. The van der Waals surface area contributed by atoms with Crippen molar-refractivity contribution in [2.24, 2.45) is 0 Å². The van der Waals surface area contributed by atoms with Crippen LogP contribution in [0.2, 0.25) is 0 Å². The first-order valence-corrected chi connectivity index (χ1v) is 8.59. The van der Waals surface area contributed by atoms with E-state index >= 15 is 0 Å². The number of hydrogen-bond donors (Lipinski definition) is 1. The summed E-state index contributed by atoms with van der Waals surface area (Å²) in [6.07, 6.45) is 0. The molecule has 0 saturated carbocycles. The smallest absolute Gasteiger partial charge is 0.258 e. The van der Waals surface area contributed by atoms with Crippen molar-refractivity contribution in [2.45, 2.75) is 24.7 Å². The van der Waals surface area contributed by atoms with Crippen molar-refractivity contribution in [1.82, 2.24) is 4.72 Å². The molecule has 122 valence electrons. The lowest BCUT2D eigenvalue weighted by atomic mass is 10.0. The summed E-state index contributed by atoms with van der Waals surface area (Å²) in [6, 6.07) is 13.4. The average Bonchev–Trinajstić information content (AvgIpc) is 2.53. The van der Waals surface area contributed by atoms with Gasteiger partial charge < -0.3 is 0 Å². The van der Waals surface area contributed by atoms with E-state index in [4.69, 9.17) is 0 Å². The van der Waals surface area contributed by atoms with E-state index in [9.17, 15) is 18.5 Å². The zero-order chi connectivity index (χ0) is 17.0. The number of nitro benzene ring substituents is 1. The van der Waals surface area contributed by atoms with Crippen LogP contribution in [0.25, 0.3) is 0 Å². The molecule has 0 aliphatic carbocycles. The number of rotatable bonds is 6. The third-order valence-corrected chi connectivity index (χ3v) is 5.06. The third kappa shape index (κ3) is 4.14. The summed E-state index contributed by atoms with van der Waals surface area (Å²) < 4.78 is 27.1. The molecule has 0 unspecified atom stereocenters. The van der Waals surface area contributed by atoms with Gasteiger partial charge in [-0.1, -0.05) is 43.3 Å². The average molecular weight is 334 g/mol. The molecule has 0 aliphatic heterocycles. The fourth-order valence-corrected chi connectivity index (χ4v) is 3.32. The summed E-state index contributed by atoms with van der Waals surface area (Å²) in [5.74, 6) is -0.00795. The minimum absolute atomic E-state index is 0.00795. The maximum absolute atomic E-state index is 12.3. The van der Waals surface area contributed by atoms with Crippen molar-refractivity contribution in [2.75, 3.05) is 6.54 Å². The summed E-state index contributed by atoms with van der Waals surface area (Å²) in [7, 11) is -3.79. The van der Waals surface area contributed by atoms with Gasteiger partial charge in [-0.2, -0.15) is 0 Å². The van der Waals surface area contributed by atoms with Crippen molar-refractivity contribution >= 4 is 15.7 Å². The Hall–Kier alpha value is -2.25. The van der Waals surface area contributed by atoms with E-state index < -0.39 is 14.9 Å². The van der Waals surface area contributed by atoms with Gasteiger partial charge in [-0.3, -0.25) is 10.1 Å². The van der Waals surface area contributed by atoms with Crippen LogP contribution in [0.5, 0.6) is 0 Å². The predicted molar refractivity (Wildman–Crippen MR) is 87.9 cm³/mol. The van der Waals surface area contributed by atoms with Crippen molar-refractivity contribution in [3.8, 4) is 0 Å². The molecule has 6 nitrogen and oxygen atoms in total. The van der Waals surface area contributed by atoms with Crippen molar-refractivity contribution < 1.29 is 13.3 Å². The van der Waals surface area contributed by atoms with Crippen LogP contribution in [0.3, 0.4) is 0 Å². The molecule has 2 aromatic rings. The van der Waals surface area contributed by atoms with Crippen LogP contribution in [-0.4, -0.2) is 19.9 Å². The SMILES string of the molecule is Cc1ccc(S(=O)(=O)NC[C@H](C)c2ccccc2)cc1[N+](=O)[O-]. The molecule has 0 amide bonds. The van der Waals surface area contributed by atoms with Crippen LogP contribution in [-0.2, 0) is 10.0 Å². The second kappa shape index (κ2) is 6.89. The van der Waals surface area contributed by atoms with Gasteiger partial charge in [0.1, 0.15) is 0 Å². The lowest BCUT2D eigenvalue weighted by Crippen LogP contribution is -2.27. The highest BCUT2D eigenvalue weighted by atomic mass is 32.2. The number of aryl methyl sites for hydroxylation is 1. The van der Waals surface area contributed by atoms with Crippen LogP contribution in [0.4, 0.5) is 5.69 Å². The van der Waals surface area contributed by atoms with E-state index in [0.29, 0.717) is 5.56 Å². The molecule has 0 spiro atoms. The molecule has 23 heavy (non-hydrogen) atoms. The maximum Gasteiger partial charge on any atom is 0.273 e. The van der Waals surface area contributed by atoms with Crippen LogP contribution >= 0.6 is 0 Å². The molecule has 2 rings (SSSR count). The van der Waals surface area contributed by atoms with Gasteiger partial charge in [0.05, 0.1) is 9.82 Å². The first-order valence-electron chi connectivity index (χ1n) is 7.11. The molecule has 1 N–H and O–H groups in total. The Morgan fingerprint density at radius 2 is 1.83 bits per heavy atom. The van der Waals surface area contributed by atoms with Crippen molar-refractivity contribution in [3.63, 3.8) is 0 Å². The molecule has 1 atom stereocenters. The van der Waals surface area contributed by atoms with Gasteiger partial charge in [-0.15, -0.1) is 0 Å². The normalized spacial score (nSPS) is 12.8. The van der Waals surface area contributed by atoms with Crippen LogP contribution in [0.1, 0.15) is 24.0 Å². The Bertz CT molecular complexity index is 804. The maximum atomic E-state index is 12.3. The number of nitro groups is 1. The zero-order valence-electron chi connectivity index (χ0n) is 12.9. The Morgan fingerprint density at radius 3 is 2.43 bits per heavy atom. The highest BCUT2D eigenvalue weighted by molar-refractivity contribution is 7.89. The lowest BCUT2D eigenvalue weighted by Gasteiger charge is -2.13. The monoisotopic (exact) mass is 334 g/mol. The second-order valence-corrected chi connectivity index (χ2v) is 7.14. The molecular formula is C16H18N2O4S. The Balaban J connectivity index is 2.16. The summed E-state index contributed by atoms with van der Waals surface area (Å²) in [5.41, 5.74) is 1.24. The molecule has 0 aliphatic rings. The van der Waals surface area contributed by atoms with Gasteiger partial charge in [0, 0.05) is 18.2 Å². The molecule has 0 bridgehead atoms. The van der Waals surface area contributed by atoms with Gasteiger partial charge in [0.2, 0.25) is 10.0 Å². The zero-order valence-corrected chi connectivity index (χ0v) is 13.7. The first kappa shape index (κ1) is 17.1. The second-order valence-electron chi connectivity index (χ2n) is 5.37. The van der Waals surface area contributed by atoms with Gasteiger partial charge >= 0.3 is 0 Å². The van der Waals surface area contributed by atoms with E-state index in [-0.39, 0.29) is 23.0 Å². The summed E-state index contributed by atoms with van der Waals surface area (Å²) in [5, 5.41) is 10.9. The number of benzene rings is 2. The van der Waals surface area contributed by atoms with Gasteiger partial charge in [-0.25, -0.2) is 13.1 Å². The Morgan fingerprint density at radius 1 is 1.17 bits per heavy atom. The predicted octanol–water partition coefficient (Wildman–Crippen LogP) is 2.99. The van der Waals surface area contributed by atoms with E-state index in [1.165, 1.54) is 12.1 Å². The summed E-state index contributed by atoms with van der Waals surface area (Å²) in [4.78, 5) is 10.3. The van der Waals surface area contributed by atoms with Gasteiger partial charge in [0.25, 0.3) is 5.69 Å². The number of sulfonamides is 1. The fourth-order valence-electron chi connectivity index (χ4n) is 2.17. The van der Waals surface area contributed by atoms with Crippen molar-refractivity contribution in [3.05, 3.63) is 69.8 Å².